The van der Waals surface area contributed by atoms with Crippen LogP contribution in [0.2, 0.25) is 0 Å². The van der Waals surface area contributed by atoms with Crippen LogP contribution in [0.1, 0.15) is 37.2 Å². The Balaban J connectivity index is 1.63. The average molecular weight is 402 g/mol. The minimum atomic E-state index is -0.786. The quantitative estimate of drug-likeness (QED) is 0.612. The summed E-state index contributed by atoms with van der Waals surface area (Å²) < 4.78 is 6.60. The maximum Gasteiger partial charge on any atom is 0.239 e. The van der Waals surface area contributed by atoms with Crippen molar-refractivity contribution in [3.8, 4) is 5.75 Å². The summed E-state index contributed by atoms with van der Waals surface area (Å²) in [6.45, 7) is 4.24. The van der Waals surface area contributed by atoms with Gasteiger partial charge in [-0.25, -0.2) is 0 Å². The average Bonchev–Trinajstić information content (AvgIpc) is 2.77. The summed E-state index contributed by atoms with van der Waals surface area (Å²) in [5.74, 6) is -0.508. The monoisotopic (exact) mass is 402 g/mol. The first kappa shape index (κ1) is 18.9. The molecule has 2 aromatic carbocycles. The summed E-state index contributed by atoms with van der Waals surface area (Å²) in [7, 11) is 0. The highest BCUT2D eigenvalue weighted by molar-refractivity contribution is 6.08. The van der Waals surface area contributed by atoms with E-state index < -0.39 is 11.6 Å². The van der Waals surface area contributed by atoms with E-state index in [0.717, 1.165) is 37.0 Å². The molecule has 2 amide bonds. The van der Waals surface area contributed by atoms with Crippen molar-refractivity contribution in [1.29, 1.82) is 0 Å². The molecule has 0 unspecified atom stereocenters. The normalized spacial score (nSPS) is 29.3. The van der Waals surface area contributed by atoms with Gasteiger partial charge < -0.3 is 10.1 Å². The third-order valence-electron chi connectivity index (χ3n) is 6.86. The van der Waals surface area contributed by atoms with E-state index in [2.05, 4.69) is 11.9 Å². The molecule has 4 atom stereocenters. The number of nitrogens with zero attached hydrogens (tertiary/aromatic N) is 1. The van der Waals surface area contributed by atoms with Crippen LogP contribution in [0.5, 0.6) is 5.75 Å². The van der Waals surface area contributed by atoms with Crippen molar-refractivity contribution in [3.05, 3.63) is 72.8 Å². The number of benzene rings is 2. The number of ether oxygens (including phenoxy) is 1. The van der Waals surface area contributed by atoms with Crippen molar-refractivity contribution >= 4 is 17.5 Å². The van der Waals surface area contributed by atoms with E-state index in [1.54, 1.807) is 11.0 Å². The zero-order chi connectivity index (χ0) is 20.7. The number of nitrogens with one attached hydrogen (secondary N) is 1. The maximum absolute atomic E-state index is 13.8. The largest absolute Gasteiger partial charge is 0.467 e. The molecule has 154 valence electrons. The molecule has 2 aliphatic heterocycles. The van der Waals surface area contributed by atoms with Crippen LogP contribution in [0.4, 0.5) is 5.69 Å². The zero-order valence-electron chi connectivity index (χ0n) is 16.9. The van der Waals surface area contributed by atoms with Gasteiger partial charge in [0.2, 0.25) is 11.8 Å². The Morgan fingerprint density at radius 1 is 1.17 bits per heavy atom. The van der Waals surface area contributed by atoms with Crippen LogP contribution < -0.4 is 10.1 Å². The van der Waals surface area contributed by atoms with Crippen LogP contribution >= 0.6 is 0 Å². The number of fused-ring (bicyclic) bond motifs is 2. The van der Waals surface area contributed by atoms with Gasteiger partial charge in [-0.3, -0.25) is 14.5 Å². The number of para-hydroxylation sites is 2. The standard InChI is InChI=1S/C25H26N2O3/c1-2-16-27-24(29)22(23(28)26-17-10-4-3-5-11-17)21-18-12-6-7-14-20(18)30-25(27)15-9-8-13-19(21)25/h2-7,10-12,14,19,21-22H,1,8-9,13,15-16H2,(H,26,28)/t19-,21+,22-,25+/m1/s1. The second kappa shape index (κ2) is 7.31. The molecule has 5 nitrogen and oxygen atoms in total. The minimum absolute atomic E-state index is 0.0883. The van der Waals surface area contributed by atoms with Gasteiger partial charge in [-0.05, 0) is 36.6 Å². The molecule has 1 N–H and O–H groups in total. The van der Waals surface area contributed by atoms with Crippen molar-refractivity contribution in [2.75, 3.05) is 11.9 Å². The van der Waals surface area contributed by atoms with Gasteiger partial charge >= 0.3 is 0 Å². The van der Waals surface area contributed by atoms with Crippen molar-refractivity contribution < 1.29 is 14.3 Å². The van der Waals surface area contributed by atoms with Gasteiger partial charge in [-0.1, -0.05) is 48.9 Å². The Morgan fingerprint density at radius 2 is 1.93 bits per heavy atom. The number of carbonyl (C=O) groups excluding carboxylic acids is 2. The first-order valence-electron chi connectivity index (χ1n) is 10.7. The lowest BCUT2D eigenvalue weighted by Crippen LogP contribution is -2.71. The highest BCUT2D eigenvalue weighted by Crippen LogP contribution is 2.58. The van der Waals surface area contributed by atoms with Gasteiger partial charge in [0.15, 0.2) is 5.72 Å². The second-order valence-corrected chi connectivity index (χ2v) is 8.43. The molecule has 0 radical (unpaired) electrons. The summed E-state index contributed by atoms with van der Waals surface area (Å²) in [6.07, 6.45) is 5.55. The molecule has 2 fully saturated rings. The molecule has 0 spiro atoms. The molecule has 2 heterocycles. The Morgan fingerprint density at radius 3 is 2.73 bits per heavy atom. The SMILES string of the molecule is C=CCN1C(=O)[C@@H](C(=O)Nc2ccccc2)[C@H]2c3ccccc3O[C@]13CCCC[C@H]23. The molecule has 2 aromatic rings. The molecule has 0 aromatic heterocycles. The Labute approximate surface area is 176 Å². The predicted molar refractivity (Wildman–Crippen MR) is 115 cm³/mol. The zero-order valence-corrected chi connectivity index (χ0v) is 16.9. The van der Waals surface area contributed by atoms with E-state index in [0.29, 0.717) is 12.2 Å². The van der Waals surface area contributed by atoms with Gasteiger partial charge in [0.1, 0.15) is 11.7 Å². The molecule has 30 heavy (non-hydrogen) atoms. The fourth-order valence-corrected chi connectivity index (χ4v) is 5.70. The molecule has 3 aliphatic rings. The van der Waals surface area contributed by atoms with E-state index in [1.807, 2.05) is 54.6 Å². The van der Waals surface area contributed by atoms with Crippen molar-refractivity contribution in [3.63, 3.8) is 0 Å². The minimum Gasteiger partial charge on any atom is -0.467 e. The van der Waals surface area contributed by atoms with E-state index in [1.165, 1.54) is 0 Å². The fourth-order valence-electron chi connectivity index (χ4n) is 5.70. The topological polar surface area (TPSA) is 58.6 Å². The van der Waals surface area contributed by atoms with Gasteiger partial charge in [-0.2, -0.15) is 0 Å². The van der Waals surface area contributed by atoms with Gasteiger partial charge in [0.25, 0.3) is 0 Å². The molecule has 2 bridgehead atoms. The number of piperidine rings is 1. The smallest absolute Gasteiger partial charge is 0.239 e. The Bertz CT molecular complexity index is 989. The molecule has 1 saturated carbocycles. The molecule has 5 rings (SSSR count). The van der Waals surface area contributed by atoms with E-state index in [4.69, 9.17) is 4.74 Å². The number of likely N-dealkylation sites (tertiary alicyclic amines) is 1. The first-order chi connectivity index (χ1) is 14.7. The third kappa shape index (κ3) is 2.76. The third-order valence-corrected chi connectivity index (χ3v) is 6.86. The van der Waals surface area contributed by atoms with Gasteiger partial charge in [-0.15, -0.1) is 6.58 Å². The lowest BCUT2D eigenvalue weighted by Gasteiger charge is -2.60. The number of rotatable bonds is 4. The summed E-state index contributed by atoms with van der Waals surface area (Å²) in [6, 6.07) is 17.2. The number of carbonyl (C=O) groups is 2. The predicted octanol–water partition coefficient (Wildman–Crippen LogP) is 4.33. The number of amides is 2. The van der Waals surface area contributed by atoms with Crippen LogP contribution in [-0.4, -0.2) is 29.0 Å². The van der Waals surface area contributed by atoms with E-state index in [-0.39, 0.29) is 23.7 Å². The van der Waals surface area contributed by atoms with Crippen molar-refractivity contribution in [2.24, 2.45) is 11.8 Å². The van der Waals surface area contributed by atoms with Crippen molar-refractivity contribution in [1.82, 2.24) is 4.90 Å². The van der Waals surface area contributed by atoms with Crippen LogP contribution in [0.3, 0.4) is 0 Å². The number of anilines is 1. The van der Waals surface area contributed by atoms with Crippen LogP contribution in [0.15, 0.2) is 67.3 Å². The van der Waals surface area contributed by atoms with Gasteiger partial charge in [0, 0.05) is 30.5 Å². The van der Waals surface area contributed by atoms with Crippen molar-refractivity contribution in [2.45, 2.75) is 37.3 Å². The molecular weight excluding hydrogens is 376 g/mol. The lowest BCUT2D eigenvalue weighted by molar-refractivity contribution is -0.204. The maximum atomic E-state index is 13.8. The number of hydrogen-bond donors (Lipinski definition) is 1. The highest BCUT2D eigenvalue weighted by Gasteiger charge is 2.64. The van der Waals surface area contributed by atoms with Crippen LogP contribution in [0.25, 0.3) is 0 Å². The van der Waals surface area contributed by atoms with E-state index >= 15 is 0 Å². The van der Waals surface area contributed by atoms with Crippen LogP contribution in [-0.2, 0) is 9.59 Å². The van der Waals surface area contributed by atoms with Crippen LogP contribution in [0, 0.1) is 11.8 Å². The van der Waals surface area contributed by atoms with Gasteiger partial charge in [0.05, 0.1) is 0 Å². The Kier molecular flexibility index (Phi) is 4.61. The summed E-state index contributed by atoms with van der Waals surface area (Å²) in [4.78, 5) is 29.0. The molecular formula is C25H26N2O3. The fraction of sp³-hybridized carbons (Fsp3) is 0.360. The van der Waals surface area contributed by atoms with E-state index in [9.17, 15) is 9.59 Å². The first-order valence-corrected chi connectivity index (χ1v) is 10.7. The Hall–Kier alpha value is -3.08. The highest BCUT2D eigenvalue weighted by atomic mass is 16.5. The molecule has 1 aliphatic carbocycles. The summed E-state index contributed by atoms with van der Waals surface area (Å²) in [5.41, 5.74) is 0.984. The summed E-state index contributed by atoms with van der Waals surface area (Å²) in [5, 5.41) is 2.98. The number of hydrogen-bond acceptors (Lipinski definition) is 3. The summed E-state index contributed by atoms with van der Waals surface area (Å²) >= 11 is 0. The molecule has 5 heteroatoms. The lowest BCUT2D eigenvalue weighted by atomic mass is 9.61. The molecule has 1 saturated heterocycles. The second-order valence-electron chi connectivity index (χ2n) is 8.43.